The van der Waals surface area contributed by atoms with E-state index in [-0.39, 0.29) is 10.7 Å². The maximum atomic E-state index is 13.5. The lowest BCUT2D eigenvalue weighted by Gasteiger charge is -2.26. The summed E-state index contributed by atoms with van der Waals surface area (Å²) in [5.41, 5.74) is 3.55. The molecular formula is C24H23NO3S. The molecule has 3 aromatic rings. The number of ketones is 1. The number of benzene rings is 3. The molecule has 0 bridgehead atoms. The zero-order valence-corrected chi connectivity index (χ0v) is 17.1. The third-order valence-corrected chi connectivity index (χ3v) is 7.21. The van der Waals surface area contributed by atoms with Gasteiger partial charge in [0.15, 0.2) is 5.78 Å². The molecule has 0 spiro atoms. The van der Waals surface area contributed by atoms with Gasteiger partial charge in [0.05, 0.1) is 10.6 Å². The number of rotatable bonds is 6. The van der Waals surface area contributed by atoms with Crippen LogP contribution in [0.25, 0.3) is 0 Å². The monoisotopic (exact) mass is 405 g/mol. The zero-order chi connectivity index (χ0) is 20.4. The minimum Gasteiger partial charge on any atom is -0.297 e. The minimum absolute atomic E-state index is 0.0549. The molecule has 1 aliphatic rings. The molecule has 0 fully saturated rings. The van der Waals surface area contributed by atoms with Gasteiger partial charge in [0, 0.05) is 12.8 Å². The van der Waals surface area contributed by atoms with E-state index in [9.17, 15) is 13.2 Å². The number of hydrogen-bond donors (Lipinski definition) is 0. The Kier molecular flexibility index (Phi) is 5.24. The molecule has 1 atom stereocenters. The van der Waals surface area contributed by atoms with Crippen molar-refractivity contribution >= 4 is 21.5 Å². The summed E-state index contributed by atoms with van der Waals surface area (Å²) >= 11 is 0. The normalized spacial score (nSPS) is 15.9. The Morgan fingerprint density at radius 2 is 1.59 bits per heavy atom. The van der Waals surface area contributed by atoms with Gasteiger partial charge in [0.1, 0.15) is 6.04 Å². The molecule has 29 heavy (non-hydrogen) atoms. The largest absolute Gasteiger partial charge is 0.297 e. The lowest BCUT2D eigenvalue weighted by Crippen LogP contribution is -2.43. The first kappa shape index (κ1) is 19.4. The number of fused-ring (bicyclic) bond motifs is 1. The number of anilines is 1. The lowest BCUT2D eigenvalue weighted by molar-refractivity contribution is -0.119. The number of hydrogen-bond acceptors (Lipinski definition) is 3. The fourth-order valence-electron chi connectivity index (χ4n) is 3.80. The van der Waals surface area contributed by atoms with Gasteiger partial charge in [-0.2, -0.15) is 0 Å². The van der Waals surface area contributed by atoms with Crippen LogP contribution in [0.3, 0.4) is 0 Å². The second kappa shape index (κ2) is 7.84. The molecule has 148 valence electrons. The first-order chi connectivity index (χ1) is 14.0. The maximum Gasteiger partial charge on any atom is 0.264 e. The molecule has 0 amide bonds. The van der Waals surface area contributed by atoms with Gasteiger partial charge in [-0.15, -0.1) is 0 Å². The van der Waals surface area contributed by atoms with Gasteiger partial charge in [0.25, 0.3) is 10.0 Å². The zero-order valence-electron chi connectivity index (χ0n) is 16.3. The Hall–Kier alpha value is -2.92. The quantitative estimate of drug-likeness (QED) is 0.614. The van der Waals surface area contributed by atoms with Crippen LogP contribution in [0.4, 0.5) is 5.69 Å². The van der Waals surface area contributed by atoms with Crippen LogP contribution in [-0.4, -0.2) is 20.2 Å². The van der Waals surface area contributed by atoms with Gasteiger partial charge in [-0.05, 0) is 42.7 Å². The first-order valence-electron chi connectivity index (χ1n) is 9.72. The number of carbonyl (C=O) groups excluding carboxylic acids is 1. The van der Waals surface area contributed by atoms with Crippen molar-refractivity contribution in [3.8, 4) is 0 Å². The number of aryl methyl sites for hydroxylation is 2. The van der Waals surface area contributed by atoms with E-state index in [1.807, 2.05) is 55.5 Å². The summed E-state index contributed by atoms with van der Waals surface area (Å²) in [6.07, 6.45) is 1.32. The van der Waals surface area contributed by atoms with E-state index in [1.54, 1.807) is 30.3 Å². The van der Waals surface area contributed by atoms with E-state index in [1.165, 1.54) is 4.31 Å². The molecule has 4 rings (SSSR count). The summed E-state index contributed by atoms with van der Waals surface area (Å²) in [6, 6.07) is 23.2. The molecule has 0 saturated heterocycles. The topological polar surface area (TPSA) is 54.5 Å². The van der Waals surface area contributed by atoms with E-state index in [2.05, 4.69) is 0 Å². The molecule has 1 heterocycles. The second-order valence-corrected chi connectivity index (χ2v) is 9.23. The Morgan fingerprint density at radius 1 is 0.931 bits per heavy atom. The van der Waals surface area contributed by atoms with E-state index in [0.717, 1.165) is 16.7 Å². The molecule has 3 aromatic carbocycles. The average Bonchev–Trinajstić information content (AvgIpc) is 3.13. The van der Waals surface area contributed by atoms with Crippen molar-refractivity contribution in [2.24, 2.45) is 0 Å². The molecule has 0 aliphatic carbocycles. The molecule has 0 aromatic heterocycles. The molecule has 0 saturated carbocycles. The van der Waals surface area contributed by atoms with Crippen molar-refractivity contribution in [2.45, 2.75) is 37.1 Å². The maximum absolute atomic E-state index is 13.5. The van der Waals surface area contributed by atoms with Crippen LogP contribution in [0.5, 0.6) is 0 Å². The highest BCUT2D eigenvalue weighted by Gasteiger charge is 2.41. The van der Waals surface area contributed by atoms with Crippen LogP contribution < -0.4 is 4.31 Å². The SMILES string of the molecule is Cc1ccc(S(=O)(=O)N2c3ccccc3C[C@@H]2C(=O)CCc2ccccc2)cc1. The van der Waals surface area contributed by atoms with Gasteiger partial charge < -0.3 is 0 Å². The average molecular weight is 406 g/mol. The van der Waals surface area contributed by atoms with Crippen LogP contribution in [0.15, 0.2) is 83.8 Å². The van der Waals surface area contributed by atoms with E-state index < -0.39 is 16.1 Å². The Morgan fingerprint density at radius 3 is 2.31 bits per heavy atom. The van der Waals surface area contributed by atoms with Crippen LogP contribution in [0, 0.1) is 6.92 Å². The fourth-order valence-corrected chi connectivity index (χ4v) is 5.47. The standard InChI is InChI=1S/C24H23NO3S/c1-18-11-14-21(15-12-18)29(27,28)25-22-10-6-5-9-20(22)17-23(25)24(26)16-13-19-7-3-2-4-8-19/h2-12,14-15,23H,13,16-17H2,1H3/t23-/m1/s1. The molecule has 0 unspecified atom stereocenters. The summed E-state index contributed by atoms with van der Waals surface area (Å²) in [4.78, 5) is 13.3. The van der Waals surface area contributed by atoms with E-state index in [0.29, 0.717) is 24.9 Å². The smallest absolute Gasteiger partial charge is 0.264 e. The van der Waals surface area contributed by atoms with E-state index in [4.69, 9.17) is 0 Å². The second-order valence-electron chi connectivity index (χ2n) is 7.41. The Labute approximate surface area is 171 Å². The van der Waals surface area contributed by atoms with Gasteiger partial charge in [-0.3, -0.25) is 9.10 Å². The van der Waals surface area contributed by atoms with Crippen molar-refractivity contribution in [1.29, 1.82) is 0 Å². The number of carbonyl (C=O) groups is 1. The third-order valence-electron chi connectivity index (χ3n) is 5.38. The minimum atomic E-state index is -3.83. The lowest BCUT2D eigenvalue weighted by atomic mass is 10.0. The molecule has 4 nitrogen and oxygen atoms in total. The number of sulfonamides is 1. The van der Waals surface area contributed by atoms with E-state index >= 15 is 0 Å². The first-order valence-corrected chi connectivity index (χ1v) is 11.2. The molecular weight excluding hydrogens is 382 g/mol. The number of para-hydroxylation sites is 1. The molecule has 0 radical (unpaired) electrons. The predicted molar refractivity (Wildman–Crippen MR) is 115 cm³/mol. The van der Waals surface area contributed by atoms with Crippen LogP contribution in [0.2, 0.25) is 0 Å². The summed E-state index contributed by atoms with van der Waals surface area (Å²) < 4.78 is 28.3. The van der Waals surface area contributed by atoms with Crippen molar-refractivity contribution in [1.82, 2.24) is 0 Å². The fraction of sp³-hybridized carbons (Fsp3) is 0.208. The van der Waals surface area contributed by atoms with Crippen LogP contribution in [0.1, 0.15) is 23.1 Å². The summed E-state index contributed by atoms with van der Waals surface area (Å²) in [5, 5.41) is 0. The van der Waals surface area contributed by atoms with Crippen molar-refractivity contribution in [2.75, 3.05) is 4.31 Å². The molecule has 1 aliphatic heterocycles. The van der Waals surface area contributed by atoms with Crippen molar-refractivity contribution < 1.29 is 13.2 Å². The number of Topliss-reactive ketones (excluding diaryl/α,β-unsaturated/α-hetero) is 1. The van der Waals surface area contributed by atoms with Gasteiger partial charge in [-0.1, -0.05) is 66.2 Å². The Bertz CT molecular complexity index is 1120. The molecule has 5 heteroatoms. The summed E-state index contributed by atoms with van der Waals surface area (Å²) in [6.45, 7) is 1.91. The van der Waals surface area contributed by atoms with Gasteiger partial charge >= 0.3 is 0 Å². The van der Waals surface area contributed by atoms with Gasteiger partial charge in [0.2, 0.25) is 0 Å². The van der Waals surface area contributed by atoms with Crippen LogP contribution >= 0.6 is 0 Å². The van der Waals surface area contributed by atoms with Crippen molar-refractivity contribution in [3.63, 3.8) is 0 Å². The van der Waals surface area contributed by atoms with Crippen molar-refractivity contribution in [3.05, 3.63) is 95.6 Å². The summed E-state index contributed by atoms with van der Waals surface area (Å²) in [5.74, 6) is -0.0549. The van der Waals surface area contributed by atoms with Gasteiger partial charge in [-0.25, -0.2) is 8.42 Å². The highest BCUT2D eigenvalue weighted by atomic mass is 32.2. The highest BCUT2D eigenvalue weighted by Crippen LogP contribution is 2.37. The third kappa shape index (κ3) is 3.83. The van der Waals surface area contributed by atoms with Crippen LogP contribution in [-0.2, 0) is 27.7 Å². The Balaban J connectivity index is 1.66. The summed E-state index contributed by atoms with van der Waals surface area (Å²) in [7, 11) is -3.83. The highest BCUT2D eigenvalue weighted by molar-refractivity contribution is 7.93. The number of nitrogens with zero attached hydrogens (tertiary/aromatic N) is 1. The predicted octanol–water partition coefficient (Wildman–Crippen LogP) is 4.32. The molecule has 0 N–H and O–H groups in total.